The van der Waals surface area contributed by atoms with E-state index in [-0.39, 0.29) is 10.8 Å². The molecule has 0 aromatic heterocycles. The summed E-state index contributed by atoms with van der Waals surface area (Å²) in [6, 6.07) is 26.9. The van der Waals surface area contributed by atoms with Gasteiger partial charge >= 0.3 is 17.1 Å². The van der Waals surface area contributed by atoms with Crippen LogP contribution >= 0.6 is 17.1 Å². The Morgan fingerprint density at radius 2 is 0.887 bits per heavy atom. The lowest BCUT2D eigenvalue weighted by atomic mass is 9.59. The summed E-state index contributed by atoms with van der Waals surface area (Å²) in [7, 11) is 1.87. The summed E-state index contributed by atoms with van der Waals surface area (Å²) in [5.41, 5.74) is 12.4. The van der Waals surface area contributed by atoms with Crippen LogP contribution in [0, 0.1) is 23.7 Å². The predicted molar refractivity (Wildman–Crippen MR) is 210 cm³/mol. The second-order valence-corrected chi connectivity index (χ2v) is 20.4. The first kappa shape index (κ1) is 32.1. The van der Waals surface area contributed by atoms with E-state index >= 15 is 0 Å². The third-order valence-corrected chi connectivity index (χ3v) is 17.8. The second kappa shape index (κ2) is 11.7. The predicted octanol–water partition coefficient (Wildman–Crippen LogP) is 10.3. The van der Waals surface area contributed by atoms with Crippen LogP contribution in [0.15, 0.2) is 72.8 Å². The molecule has 3 fully saturated rings. The smallest absolute Gasteiger partial charge is 0.384 e. The van der Waals surface area contributed by atoms with Crippen molar-refractivity contribution in [3.8, 4) is 23.0 Å². The van der Waals surface area contributed by atoms with Crippen molar-refractivity contribution >= 4 is 17.1 Å². The lowest BCUT2D eigenvalue weighted by molar-refractivity contribution is 0.171. The van der Waals surface area contributed by atoms with Crippen LogP contribution in [0.5, 0.6) is 23.0 Å². The molecule has 4 aromatic rings. The molecule has 3 aliphatic heterocycles. The maximum atomic E-state index is 6.71. The van der Waals surface area contributed by atoms with Crippen molar-refractivity contribution in [3.05, 3.63) is 117 Å². The van der Waals surface area contributed by atoms with E-state index in [2.05, 4.69) is 82.1 Å². The maximum Gasteiger partial charge on any atom is 0.384 e. The average molecular weight is 743 g/mol. The highest BCUT2D eigenvalue weighted by atomic mass is 31.2. The summed E-state index contributed by atoms with van der Waals surface area (Å²) in [4.78, 5) is 0. The molecule has 0 radical (unpaired) electrons. The largest absolute Gasteiger partial charge is 0.427 e. The van der Waals surface area contributed by atoms with E-state index in [1.165, 1.54) is 115 Å². The van der Waals surface area contributed by atoms with Gasteiger partial charge in [-0.05, 0) is 148 Å². The Hall–Kier alpha value is -3.14. The lowest BCUT2D eigenvalue weighted by Crippen LogP contribution is -2.42. The Morgan fingerprint density at radius 3 is 1.28 bits per heavy atom. The molecular formula is C45H48N2O4P2. The van der Waals surface area contributed by atoms with Gasteiger partial charge in [0.25, 0.3) is 0 Å². The zero-order valence-corrected chi connectivity index (χ0v) is 32.6. The minimum Gasteiger partial charge on any atom is -0.427 e. The van der Waals surface area contributed by atoms with Gasteiger partial charge in [-0.2, -0.15) is 0 Å². The van der Waals surface area contributed by atoms with Crippen molar-refractivity contribution in [3.63, 3.8) is 0 Å². The Morgan fingerprint density at radius 1 is 0.509 bits per heavy atom. The van der Waals surface area contributed by atoms with Crippen LogP contribution in [-0.2, 0) is 36.5 Å². The van der Waals surface area contributed by atoms with Crippen molar-refractivity contribution in [1.82, 2.24) is 9.34 Å². The summed E-state index contributed by atoms with van der Waals surface area (Å²) in [5, 5.41) is 0. The molecular weight excluding hydrogens is 694 g/mol. The molecule has 4 aromatic carbocycles. The second-order valence-electron chi connectivity index (χ2n) is 17.4. The fourth-order valence-corrected chi connectivity index (χ4v) is 15.8. The number of hydrogen-bond acceptors (Lipinski definition) is 6. The molecule has 9 aliphatic rings. The van der Waals surface area contributed by atoms with Gasteiger partial charge in [0.05, 0.1) is 0 Å². The normalized spacial score (nSPS) is 34.1. The zero-order chi connectivity index (χ0) is 35.1. The van der Waals surface area contributed by atoms with Gasteiger partial charge in [-0.1, -0.05) is 55.0 Å². The minimum absolute atomic E-state index is 0.115. The zero-order valence-electron chi connectivity index (χ0n) is 30.9. The average Bonchev–Trinajstić information content (AvgIpc) is 3.99. The van der Waals surface area contributed by atoms with Gasteiger partial charge < -0.3 is 18.1 Å². The fourth-order valence-electron chi connectivity index (χ4n) is 13.3. The van der Waals surface area contributed by atoms with Gasteiger partial charge in [-0.15, -0.1) is 0 Å². The maximum absolute atomic E-state index is 6.71. The van der Waals surface area contributed by atoms with Crippen LogP contribution in [0.4, 0.5) is 0 Å². The van der Waals surface area contributed by atoms with Crippen molar-refractivity contribution in [2.75, 3.05) is 27.2 Å². The Bertz CT molecular complexity index is 2030. The summed E-state index contributed by atoms with van der Waals surface area (Å²) < 4.78 is 31.0. The van der Waals surface area contributed by atoms with Crippen LogP contribution in [0.2, 0.25) is 0 Å². The molecule has 272 valence electrons. The van der Waals surface area contributed by atoms with Crippen LogP contribution in [0.3, 0.4) is 0 Å². The summed E-state index contributed by atoms with van der Waals surface area (Å²) >= 11 is 0. The molecule has 2 spiro atoms. The molecule has 8 heteroatoms. The van der Waals surface area contributed by atoms with Crippen LogP contribution in [0.25, 0.3) is 0 Å². The van der Waals surface area contributed by atoms with Crippen LogP contribution in [0.1, 0.15) is 89.5 Å². The van der Waals surface area contributed by atoms with Crippen LogP contribution in [-0.4, -0.2) is 36.5 Å². The molecule has 2 saturated carbocycles. The molecule has 0 bridgehead atoms. The quantitative estimate of drug-likeness (QED) is 0.191. The van der Waals surface area contributed by atoms with Gasteiger partial charge in [-0.25, -0.2) is 9.34 Å². The Balaban J connectivity index is 0.000000119. The topological polar surface area (TPSA) is 43.4 Å². The summed E-state index contributed by atoms with van der Waals surface area (Å²) in [6.07, 6.45) is 14.0. The number of hydrogen-bond donors (Lipinski definition) is 0. The monoisotopic (exact) mass is 742 g/mol. The number of nitrogens with zero attached hydrogens (tertiary/aromatic N) is 2. The molecule has 4 atom stereocenters. The van der Waals surface area contributed by atoms with Crippen molar-refractivity contribution in [2.45, 2.75) is 81.5 Å². The summed E-state index contributed by atoms with van der Waals surface area (Å²) in [5.74, 6) is 7.17. The van der Waals surface area contributed by atoms with Crippen molar-refractivity contribution < 1.29 is 18.1 Å². The van der Waals surface area contributed by atoms with E-state index in [4.69, 9.17) is 18.1 Å². The molecule has 0 amide bonds. The van der Waals surface area contributed by atoms with Gasteiger partial charge in [0.1, 0.15) is 23.0 Å². The highest BCUT2D eigenvalue weighted by Crippen LogP contribution is 2.71. The molecule has 0 unspecified atom stereocenters. The standard InChI is InChI=1S/C23H24NO2P.C22H24NO2P/c1-2-12-24(11-1)27-25-19-7-3-5-15-13-17-9-10-18-14-16-6-4-8-20(26-27)22(16)23(17,18)21(15)19;1-23(2)26-24-18-10-3-6-14-12-16-8-5-9-17-13-15-7-4-11-19(25-26)21(15)22(16,17)20(14)18/h3-8,17-18H,1-2,9-14H2;3-4,6-7,10-11,16-17H,5,8-9,12-13H2,1-2H3/t17-,18-,23?;16-,17-,22?/m11/s1. The lowest BCUT2D eigenvalue weighted by Gasteiger charge is -2.45. The molecule has 6 nitrogen and oxygen atoms in total. The first-order valence-corrected chi connectivity index (χ1v) is 22.5. The van der Waals surface area contributed by atoms with Gasteiger partial charge in [0.2, 0.25) is 0 Å². The van der Waals surface area contributed by atoms with Crippen molar-refractivity contribution in [2.24, 2.45) is 23.7 Å². The van der Waals surface area contributed by atoms with Gasteiger partial charge in [0.15, 0.2) is 0 Å². The highest BCUT2D eigenvalue weighted by molar-refractivity contribution is 7.45. The SMILES string of the molecule is CN(C)P1Oc2cccc3c2C24c5c(cccc5O1)C[C@H]2CCC[C@@H]4C3.c1cc2c3c(c1)OP(N1CCCC1)Oc1cccc4c1C31[C@H](CC[C@@H]1C4)C2. The van der Waals surface area contributed by atoms with E-state index in [0.29, 0.717) is 23.7 Å². The third-order valence-electron chi connectivity index (χ3n) is 14.9. The van der Waals surface area contributed by atoms with E-state index in [9.17, 15) is 0 Å². The molecule has 6 aliphatic carbocycles. The van der Waals surface area contributed by atoms with E-state index in [1.807, 2.05) is 14.1 Å². The molecule has 3 heterocycles. The first-order valence-electron chi connectivity index (χ1n) is 20.3. The minimum atomic E-state index is -1.14. The highest BCUT2D eigenvalue weighted by Gasteiger charge is 2.64. The van der Waals surface area contributed by atoms with Crippen molar-refractivity contribution in [1.29, 1.82) is 0 Å². The third kappa shape index (κ3) is 4.25. The van der Waals surface area contributed by atoms with E-state index in [1.54, 1.807) is 0 Å². The molecule has 1 saturated heterocycles. The fraction of sp³-hybridized carbons (Fsp3) is 0.467. The number of rotatable bonds is 2. The number of benzene rings is 4. The molecule has 0 N–H and O–H groups in total. The van der Waals surface area contributed by atoms with Crippen LogP contribution < -0.4 is 18.1 Å². The van der Waals surface area contributed by atoms with E-state index < -0.39 is 17.1 Å². The Labute approximate surface area is 316 Å². The van der Waals surface area contributed by atoms with Gasteiger partial charge in [0, 0.05) is 46.2 Å². The van der Waals surface area contributed by atoms with E-state index in [0.717, 1.165) is 36.1 Å². The Kier molecular flexibility index (Phi) is 7.09. The molecule has 53 heavy (non-hydrogen) atoms. The first-order chi connectivity index (χ1) is 26.0. The van der Waals surface area contributed by atoms with Gasteiger partial charge in [-0.3, -0.25) is 0 Å². The molecule has 13 rings (SSSR count). The summed E-state index contributed by atoms with van der Waals surface area (Å²) in [6.45, 7) is 2.18.